The Labute approximate surface area is 283 Å². The van der Waals surface area contributed by atoms with Crippen LogP contribution in [0.5, 0.6) is 0 Å². The average molecular weight is 678 g/mol. The number of benzene rings is 3. The highest BCUT2D eigenvalue weighted by Crippen LogP contribution is 2.39. The second-order valence-corrected chi connectivity index (χ2v) is 11.9. The van der Waals surface area contributed by atoms with Gasteiger partial charge in [-0.05, 0) is 88.9 Å². The number of nitrogens with zero attached hydrogens (tertiary/aromatic N) is 5. The van der Waals surface area contributed by atoms with Crippen LogP contribution >= 0.6 is 0 Å². The largest absolute Gasteiger partial charge is 0.416 e. The molecule has 3 aromatic carbocycles. The van der Waals surface area contributed by atoms with Crippen molar-refractivity contribution >= 4 is 23.3 Å². The molecular formula is C36H39F4N7O2. The van der Waals surface area contributed by atoms with Crippen LogP contribution in [0.25, 0.3) is 0 Å². The maximum Gasteiger partial charge on any atom is 0.416 e. The van der Waals surface area contributed by atoms with Gasteiger partial charge in [-0.1, -0.05) is 36.4 Å². The van der Waals surface area contributed by atoms with Crippen LogP contribution in [0.3, 0.4) is 0 Å². The minimum absolute atomic E-state index is 0.0898. The van der Waals surface area contributed by atoms with E-state index in [-0.39, 0.29) is 23.6 Å². The van der Waals surface area contributed by atoms with Crippen LogP contribution in [-0.2, 0) is 11.0 Å². The first-order valence-electron chi connectivity index (χ1n) is 15.8. The number of hydrogen-bond acceptors (Lipinski definition) is 7. The van der Waals surface area contributed by atoms with Crippen molar-refractivity contribution in [1.29, 1.82) is 5.26 Å². The highest BCUT2D eigenvalue weighted by atomic mass is 19.4. The summed E-state index contributed by atoms with van der Waals surface area (Å²) in [4.78, 5) is 37.7. The molecule has 0 unspecified atom stereocenters. The number of amides is 2. The van der Waals surface area contributed by atoms with Crippen LogP contribution in [0.4, 0.5) is 23.2 Å². The lowest BCUT2D eigenvalue weighted by Crippen LogP contribution is -2.59. The first-order valence-corrected chi connectivity index (χ1v) is 15.8. The van der Waals surface area contributed by atoms with Crippen molar-refractivity contribution in [3.8, 4) is 6.19 Å². The van der Waals surface area contributed by atoms with Gasteiger partial charge in [0.05, 0.1) is 17.3 Å². The van der Waals surface area contributed by atoms with Gasteiger partial charge in [0.25, 0.3) is 11.8 Å². The predicted molar refractivity (Wildman–Crippen MR) is 179 cm³/mol. The second kappa shape index (κ2) is 15.8. The number of para-hydroxylation sites is 1. The molecule has 258 valence electrons. The highest BCUT2D eigenvalue weighted by Gasteiger charge is 2.47. The van der Waals surface area contributed by atoms with Gasteiger partial charge in [0, 0.05) is 35.8 Å². The molecule has 1 fully saturated rings. The number of hydrogen-bond donors (Lipinski definition) is 2. The van der Waals surface area contributed by atoms with Crippen LogP contribution < -0.4 is 11.1 Å². The SMILES string of the molecule is CCN1C(=O)[C@@H](NC(=O)c2cccc(C(F)(F)F)c2)[C@@H](c2ccc(F)cc2)/C(=C(/N)[C@@H](C)N(C#N)CCCN(C)C)C1=Nc1ccccc1. The number of carbonyl (C=O) groups excluding carboxylic acids is 2. The number of piperidine rings is 1. The smallest absolute Gasteiger partial charge is 0.400 e. The summed E-state index contributed by atoms with van der Waals surface area (Å²) in [6.07, 6.45) is -1.84. The first kappa shape index (κ1) is 36.6. The summed E-state index contributed by atoms with van der Waals surface area (Å²) in [6.45, 7) is 4.62. The molecule has 3 aromatic rings. The third-order valence-corrected chi connectivity index (χ3v) is 8.31. The Morgan fingerprint density at radius 1 is 1.06 bits per heavy atom. The fraction of sp³-hybridized carbons (Fsp3) is 0.333. The number of likely N-dealkylation sites (N-methyl/N-ethyl adjacent to an activating group) is 1. The van der Waals surface area contributed by atoms with Crippen LogP contribution in [0.15, 0.2) is 95.1 Å². The Morgan fingerprint density at radius 2 is 1.73 bits per heavy atom. The molecule has 4 rings (SSSR count). The molecule has 1 heterocycles. The predicted octanol–water partition coefficient (Wildman–Crippen LogP) is 5.66. The maximum atomic E-state index is 14.4. The van der Waals surface area contributed by atoms with E-state index < -0.39 is 47.4 Å². The summed E-state index contributed by atoms with van der Waals surface area (Å²) in [5.74, 6) is -2.97. The monoisotopic (exact) mass is 677 g/mol. The minimum atomic E-state index is -4.70. The molecular weight excluding hydrogens is 638 g/mol. The van der Waals surface area contributed by atoms with Crippen LogP contribution in [0.1, 0.15) is 47.7 Å². The van der Waals surface area contributed by atoms with E-state index in [4.69, 9.17) is 10.7 Å². The average Bonchev–Trinajstić information content (AvgIpc) is 3.07. The van der Waals surface area contributed by atoms with Crippen LogP contribution in [-0.4, -0.2) is 78.2 Å². The fourth-order valence-electron chi connectivity index (χ4n) is 5.74. The normalized spacial score (nSPS) is 19.1. The van der Waals surface area contributed by atoms with Crippen molar-refractivity contribution in [3.05, 3.63) is 113 Å². The van der Waals surface area contributed by atoms with Gasteiger partial charge >= 0.3 is 6.18 Å². The number of likely N-dealkylation sites (tertiary alicyclic amines) is 1. The summed E-state index contributed by atoms with van der Waals surface area (Å²) in [6, 6.07) is 15.9. The molecule has 2 amide bonds. The Morgan fingerprint density at radius 3 is 2.33 bits per heavy atom. The number of alkyl halides is 3. The van der Waals surface area contributed by atoms with Crippen molar-refractivity contribution in [2.45, 2.75) is 44.4 Å². The van der Waals surface area contributed by atoms with Gasteiger partial charge in [-0.3, -0.25) is 14.5 Å². The molecule has 0 aliphatic carbocycles. The molecule has 1 saturated heterocycles. The van der Waals surface area contributed by atoms with Crippen LogP contribution in [0.2, 0.25) is 0 Å². The van der Waals surface area contributed by atoms with Gasteiger partial charge < -0.3 is 20.9 Å². The molecule has 1 aliphatic rings. The molecule has 49 heavy (non-hydrogen) atoms. The molecule has 13 heteroatoms. The molecule has 0 radical (unpaired) electrons. The molecule has 3 N–H and O–H groups in total. The lowest BCUT2D eigenvalue weighted by Gasteiger charge is -2.42. The Kier molecular flexibility index (Phi) is 11.8. The van der Waals surface area contributed by atoms with Crippen molar-refractivity contribution in [1.82, 2.24) is 20.0 Å². The minimum Gasteiger partial charge on any atom is -0.400 e. The lowest BCUT2D eigenvalue weighted by atomic mass is 9.78. The summed E-state index contributed by atoms with van der Waals surface area (Å²) < 4.78 is 54.8. The molecule has 0 spiro atoms. The number of rotatable bonds is 11. The van der Waals surface area contributed by atoms with Gasteiger partial charge in [0.2, 0.25) is 0 Å². The molecule has 0 aromatic heterocycles. The maximum absolute atomic E-state index is 14.4. The molecule has 3 atom stereocenters. The van der Waals surface area contributed by atoms with Crippen molar-refractivity contribution in [2.75, 3.05) is 33.7 Å². The van der Waals surface area contributed by atoms with Gasteiger partial charge in [-0.15, -0.1) is 0 Å². The van der Waals surface area contributed by atoms with E-state index in [0.717, 1.165) is 12.1 Å². The standard InChI is InChI=1S/C36H39F4N7O2/c1-5-47-33(43-28-13-7-6-8-14-28)30(31(42)23(2)46(22-41)20-10-19-45(3)4)29(24-15-17-27(37)18-16-24)32(35(47)49)44-34(48)25-11-9-12-26(21-25)36(38,39)40/h6-9,11-18,21,23,29,32H,5,10,19-20,42H2,1-4H3,(H,44,48)/b31-30-,43-33?/t23-,29+,32+/m1/s1. The number of carbonyl (C=O) groups is 2. The van der Waals surface area contributed by atoms with E-state index in [0.29, 0.717) is 42.4 Å². The quantitative estimate of drug-likeness (QED) is 0.154. The van der Waals surface area contributed by atoms with Gasteiger partial charge in [0.15, 0.2) is 6.19 Å². The third kappa shape index (κ3) is 8.63. The first-order chi connectivity index (χ1) is 23.3. The molecule has 9 nitrogen and oxygen atoms in total. The summed E-state index contributed by atoms with van der Waals surface area (Å²) in [5.41, 5.74) is 7.02. The number of nitrogens with two attached hydrogens (primary N) is 1. The number of halogens is 4. The van der Waals surface area contributed by atoms with E-state index in [2.05, 4.69) is 11.5 Å². The molecule has 0 bridgehead atoms. The van der Waals surface area contributed by atoms with E-state index in [9.17, 15) is 32.4 Å². The summed E-state index contributed by atoms with van der Waals surface area (Å²) in [7, 11) is 3.84. The second-order valence-electron chi connectivity index (χ2n) is 11.9. The summed E-state index contributed by atoms with van der Waals surface area (Å²) >= 11 is 0. The number of nitrogens with one attached hydrogen (secondary N) is 1. The van der Waals surface area contributed by atoms with Gasteiger partial charge in [-0.25, -0.2) is 9.38 Å². The Balaban J connectivity index is 1.95. The number of amidine groups is 1. The topological polar surface area (TPSA) is 118 Å². The van der Waals surface area contributed by atoms with Gasteiger partial charge in [0.1, 0.15) is 17.7 Å². The van der Waals surface area contributed by atoms with E-state index in [1.165, 1.54) is 40.1 Å². The number of aliphatic imine (C=N–C) groups is 1. The van der Waals surface area contributed by atoms with E-state index in [1.807, 2.05) is 19.0 Å². The summed E-state index contributed by atoms with van der Waals surface area (Å²) in [5, 5.41) is 12.8. The van der Waals surface area contributed by atoms with Crippen molar-refractivity contribution < 1.29 is 27.2 Å². The molecule has 0 saturated carbocycles. The van der Waals surface area contributed by atoms with Gasteiger partial charge in [-0.2, -0.15) is 18.4 Å². The zero-order valence-electron chi connectivity index (χ0n) is 27.7. The zero-order chi connectivity index (χ0) is 35.9. The van der Waals surface area contributed by atoms with Crippen LogP contribution in [0, 0.1) is 17.3 Å². The Bertz CT molecular complexity index is 1730. The number of nitriles is 1. The Hall–Kier alpha value is -5.22. The van der Waals surface area contributed by atoms with Crippen molar-refractivity contribution in [3.63, 3.8) is 0 Å². The van der Waals surface area contributed by atoms with Crippen molar-refractivity contribution in [2.24, 2.45) is 10.7 Å². The van der Waals surface area contributed by atoms with E-state index in [1.54, 1.807) is 44.2 Å². The van der Waals surface area contributed by atoms with E-state index >= 15 is 0 Å². The lowest BCUT2D eigenvalue weighted by molar-refractivity contribution is -0.137. The zero-order valence-corrected chi connectivity index (χ0v) is 27.7. The fourth-order valence-corrected chi connectivity index (χ4v) is 5.74. The molecule has 1 aliphatic heterocycles. The third-order valence-electron chi connectivity index (χ3n) is 8.31. The highest BCUT2D eigenvalue weighted by molar-refractivity contribution is 6.15.